The molecule has 0 spiro atoms. The third-order valence-corrected chi connectivity index (χ3v) is 4.18. The average Bonchev–Trinajstić information content (AvgIpc) is 2.35. The first kappa shape index (κ1) is 15.8. The minimum atomic E-state index is -1.13. The van der Waals surface area contributed by atoms with E-state index >= 15 is 0 Å². The van der Waals surface area contributed by atoms with Crippen LogP contribution < -0.4 is 11.1 Å². The first-order valence-corrected chi connectivity index (χ1v) is 7.52. The maximum Gasteiger partial charge on any atom is 0.326 e. The minimum Gasteiger partial charge on any atom is -0.480 e. The molecule has 0 saturated carbocycles. The van der Waals surface area contributed by atoms with Crippen LogP contribution in [0.2, 0.25) is 0 Å². The molecule has 4 N–H and O–H groups in total. The molecule has 0 aromatic heterocycles. The van der Waals surface area contributed by atoms with Crippen LogP contribution >= 0.6 is 11.8 Å². The van der Waals surface area contributed by atoms with E-state index in [2.05, 4.69) is 5.32 Å². The number of carboxylic acid groups (broad SMARTS) is 1. The second-order valence-electron chi connectivity index (χ2n) is 4.72. The Morgan fingerprint density at radius 3 is 2.47 bits per heavy atom. The number of hydrogen-bond donors (Lipinski definition) is 3. The molecule has 108 valence electrons. The van der Waals surface area contributed by atoms with E-state index in [-0.39, 0.29) is 18.7 Å². The van der Waals surface area contributed by atoms with Crippen molar-refractivity contribution in [1.29, 1.82) is 0 Å². The molecule has 1 unspecified atom stereocenters. The number of hydrogen-bond acceptors (Lipinski definition) is 4. The lowest BCUT2D eigenvalue weighted by molar-refractivity contribution is -0.142. The molecule has 7 heteroatoms. The summed E-state index contributed by atoms with van der Waals surface area (Å²) in [5.74, 6) is 0.503. The molecule has 1 heterocycles. The third-order valence-electron chi connectivity index (χ3n) is 3.13. The van der Waals surface area contributed by atoms with Gasteiger partial charge in [0.05, 0.1) is 0 Å². The van der Waals surface area contributed by atoms with Crippen LogP contribution in [0.15, 0.2) is 0 Å². The molecule has 6 nitrogen and oxygen atoms in total. The summed E-state index contributed by atoms with van der Waals surface area (Å²) in [5, 5.41) is 11.4. The van der Waals surface area contributed by atoms with Crippen LogP contribution in [-0.2, 0) is 14.4 Å². The summed E-state index contributed by atoms with van der Waals surface area (Å²) in [5.41, 5.74) is 4.97. The SMILES string of the molecule is NC(=O)CCC(NC(=O)CC1CCSCC1)C(=O)O. The normalized spacial score (nSPS) is 17.7. The van der Waals surface area contributed by atoms with Crippen molar-refractivity contribution in [3.8, 4) is 0 Å². The van der Waals surface area contributed by atoms with Crippen molar-refractivity contribution < 1.29 is 19.5 Å². The predicted molar refractivity (Wildman–Crippen MR) is 72.7 cm³/mol. The Morgan fingerprint density at radius 2 is 1.95 bits per heavy atom. The zero-order valence-corrected chi connectivity index (χ0v) is 11.6. The van der Waals surface area contributed by atoms with Crippen LogP contribution in [0.3, 0.4) is 0 Å². The fraction of sp³-hybridized carbons (Fsp3) is 0.750. The first-order chi connectivity index (χ1) is 8.99. The lowest BCUT2D eigenvalue weighted by Crippen LogP contribution is -2.42. The van der Waals surface area contributed by atoms with E-state index in [1.807, 2.05) is 11.8 Å². The van der Waals surface area contributed by atoms with E-state index in [4.69, 9.17) is 10.8 Å². The highest BCUT2D eigenvalue weighted by atomic mass is 32.2. The highest BCUT2D eigenvalue weighted by molar-refractivity contribution is 7.99. The summed E-state index contributed by atoms with van der Waals surface area (Å²) in [6, 6.07) is -1.03. The molecule has 1 fully saturated rings. The molecule has 1 aliphatic heterocycles. The third kappa shape index (κ3) is 6.47. The van der Waals surface area contributed by atoms with E-state index in [1.54, 1.807) is 0 Å². The molecular formula is C12H20N2O4S. The number of amides is 2. The van der Waals surface area contributed by atoms with Crippen LogP contribution in [0.1, 0.15) is 32.1 Å². The number of carboxylic acids is 1. The molecule has 0 aromatic carbocycles. The number of rotatable bonds is 7. The monoisotopic (exact) mass is 288 g/mol. The van der Waals surface area contributed by atoms with Gasteiger partial charge in [-0.05, 0) is 36.7 Å². The maximum atomic E-state index is 11.8. The Bertz CT molecular complexity index is 343. The molecule has 1 saturated heterocycles. The minimum absolute atomic E-state index is 0.0386. The van der Waals surface area contributed by atoms with Gasteiger partial charge in [0.1, 0.15) is 6.04 Å². The molecule has 0 radical (unpaired) electrons. The van der Waals surface area contributed by atoms with Crippen molar-refractivity contribution in [3.05, 3.63) is 0 Å². The summed E-state index contributed by atoms with van der Waals surface area (Å²) >= 11 is 1.88. The summed E-state index contributed by atoms with van der Waals surface area (Å²) in [6.07, 6.45) is 2.35. The summed E-state index contributed by atoms with van der Waals surface area (Å²) in [4.78, 5) is 33.4. The molecule has 2 amide bonds. The van der Waals surface area contributed by atoms with Crippen molar-refractivity contribution >= 4 is 29.5 Å². The summed E-state index contributed by atoms with van der Waals surface area (Å²) < 4.78 is 0. The van der Waals surface area contributed by atoms with Crippen molar-refractivity contribution in [3.63, 3.8) is 0 Å². The van der Waals surface area contributed by atoms with Gasteiger partial charge in [-0.15, -0.1) is 0 Å². The lowest BCUT2D eigenvalue weighted by Gasteiger charge is -2.21. The highest BCUT2D eigenvalue weighted by Crippen LogP contribution is 2.25. The predicted octanol–water partition coefficient (Wildman–Crippen LogP) is 0.355. The molecule has 19 heavy (non-hydrogen) atoms. The quantitative estimate of drug-likeness (QED) is 0.626. The zero-order chi connectivity index (χ0) is 14.3. The van der Waals surface area contributed by atoms with Crippen molar-refractivity contribution in [2.75, 3.05) is 11.5 Å². The second-order valence-corrected chi connectivity index (χ2v) is 5.95. The van der Waals surface area contributed by atoms with Gasteiger partial charge in [-0.2, -0.15) is 11.8 Å². The number of nitrogens with two attached hydrogens (primary N) is 1. The molecule has 0 bridgehead atoms. The maximum absolute atomic E-state index is 11.8. The van der Waals surface area contributed by atoms with Crippen LogP contribution in [0, 0.1) is 5.92 Å². The number of aliphatic carboxylic acids is 1. The summed E-state index contributed by atoms with van der Waals surface area (Å²) in [6.45, 7) is 0. The van der Waals surface area contributed by atoms with Crippen LogP contribution in [0.4, 0.5) is 0 Å². The fourth-order valence-electron chi connectivity index (χ4n) is 2.01. The van der Waals surface area contributed by atoms with Crippen LogP contribution in [0.5, 0.6) is 0 Å². The fourth-order valence-corrected chi connectivity index (χ4v) is 3.21. The van der Waals surface area contributed by atoms with Gasteiger partial charge in [0.15, 0.2) is 0 Å². The number of nitrogens with one attached hydrogen (secondary N) is 1. The first-order valence-electron chi connectivity index (χ1n) is 6.37. The number of thioether (sulfide) groups is 1. The average molecular weight is 288 g/mol. The van der Waals surface area contributed by atoms with Gasteiger partial charge in [-0.25, -0.2) is 4.79 Å². The number of carbonyl (C=O) groups is 3. The Balaban J connectivity index is 2.37. The molecule has 0 aromatic rings. The van der Waals surface area contributed by atoms with Crippen molar-refractivity contribution in [2.24, 2.45) is 11.7 Å². The van der Waals surface area contributed by atoms with E-state index < -0.39 is 17.9 Å². The van der Waals surface area contributed by atoms with Gasteiger partial charge in [0.25, 0.3) is 0 Å². The van der Waals surface area contributed by atoms with Crippen molar-refractivity contribution in [2.45, 2.75) is 38.1 Å². The Hall–Kier alpha value is -1.24. The van der Waals surface area contributed by atoms with Gasteiger partial charge >= 0.3 is 5.97 Å². The molecule has 1 aliphatic rings. The topological polar surface area (TPSA) is 109 Å². The molecule has 0 aliphatic carbocycles. The van der Waals surface area contributed by atoms with E-state index in [1.165, 1.54) is 0 Å². The zero-order valence-electron chi connectivity index (χ0n) is 10.8. The Kier molecular flexibility index (Phi) is 6.69. The highest BCUT2D eigenvalue weighted by Gasteiger charge is 2.23. The van der Waals surface area contributed by atoms with Crippen LogP contribution in [-0.4, -0.2) is 40.4 Å². The van der Waals surface area contributed by atoms with Crippen LogP contribution in [0.25, 0.3) is 0 Å². The standard InChI is InChI=1S/C12H20N2O4S/c13-10(15)2-1-9(12(17)18)14-11(16)7-8-3-5-19-6-4-8/h8-9H,1-7H2,(H2,13,15)(H,14,16)(H,17,18). The molecular weight excluding hydrogens is 268 g/mol. The number of carbonyl (C=O) groups excluding carboxylic acids is 2. The van der Waals surface area contributed by atoms with Crippen molar-refractivity contribution in [1.82, 2.24) is 5.32 Å². The Morgan fingerprint density at radius 1 is 1.32 bits per heavy atom. The smallest absolute Gasteiger partial charge is 0.326 e. The van der Waals surface area contributed by atoms with Gasteiger partial charge in [-0.3, -0.25) is 9.59 Å². The van der Waals surface area contributed by atoms with Gasteiger partial charge in [0, 0.05) is 12.8 Å². The van der Waals surface area contributed by atoms with E-state index in [0.29, 0.717) is 12.3 Å². The van der Waals surface area contributed by atoms with Gasteiger partial charge in [-0.1, -0.05) is 0 Å². The largest absolute Gasteiger partial charge is 0.480 e. The lowest BCUT2D eigenvalue weighted by atomic mass is 9.98. The Labute approximate surface area is 116 Å². The van der Waals surface area contributed by atoms with E-state index in [0.717, 1.165) is 24.3 Å². The van der Waals surface area contributed by atoms with Gasteiger partial charge in [0.2, 0.25) is 11.8 Å². The molecule has 1 atom stereocenters. The molecule has 1 rings (SSSR count). The second kappa shape index (κ2) is 8.04. The number of primary amides is 1. The summed E-state index contributed by atoms with van der Waals surface area (Å²) in [7, 11) is 0. The van der Waals surface area contributed by atoms with Gasteiger partial charge < -0.3 is 16.2 Å². The van der Waals surface area contributed by atoms with E-state index in [9.17, 15) is 14.4 Å².